The summed E-state index contributed by atoms with van der Waals surface area (Å²) in [6, 6.07) is 1.94. The lowest BCUT2D eigenvalue weighted by Crippen LogP contribution is -2.57. The molecule has 1 saturated heterocycles. The number of piperidine rings is 1. The highest BCUT2D eigenvalue weighted by atomic mass is 15.2. The summed E-state index contributed by atoms with van der Waals surface area (Å²) in [5, 5.41) is 0. The predicted molar refractivity (Wildman–Crippen MR) is 74.0 cm³/mol. The molecule has 1 saturated carbocycles. The van der Waals surface area contributed by atoms with Gasteiger partial charge in [0.25, 0.3) is 0 Å². The van der Waals surface area contributed by atoms with Gasteiger partial charge in [-0.05, 0) is 38.0 Å². The molecule has 100 valence electrons. The van der Waals surface area contributed by atoms with Crippen molar-refractivity contribution in [3.05, 3.63) is 0 Å². The molecule has 0 aromatic rings. The summed E-state index contributed by atoms with van der Waals surface area (Å²) < 4.78 is 0. The second-order valence-corrected chi connectivity index (χ2v) is 6.31. The molecule has 2 rings (SSSR count). The van der Waals surface area contributed by atoms with Crippen molar-refractivity contribution in [3.63, 3.8) is 0 Å². The predicted octanol–water partition coefficient (Wildman–Crippen LogP) is 3.01. The van der Waals surface area contributed by atoms with Gasteiger partial charge in [0.1, 0.15) is 0 Å². The Bertz CT molecular complexity index is 241. The molecule has 0 spiro atoms. The third-order valence-electron chi connectivity index (χ3n) is 5.50. The summed E-state index contributed by atoms with van der Waals surface area (Å²) in [5.74, 6) is 1.59. The average molecular weight is 238 g/mol. The SMILES string of the molecule is CCC1CCCCC1N1CCC(N)C(C)C1C. The third-order valence-corrected chi connectivity index (χ3v) is 5.50. The molecule has 0 aromatic heterocycles. The monoisotopic (exact) mass is 238 g/mol. The van der Waals surface area contributed by atoms with Crippen LogP contribution in [-0.4, -0.2) is 29.6 Å². The Kier molecular flexibility index (Phi) is 4.48. The van der Waals surface area contributed by atoms with Crippen LogP contribution in [0, 0.1) is 11.8 Å². The van der Waals surface area contributed by atoms with E-state index in [4.69, 9.17) is 5.73 Å². The normalized spacial score (nSPS) is 44.8. The van der Waals surface area contributed by atoms with Gasteiger partial charge in [0.2, 0.25) is 0 Å². The maximum Gasteiger partial charge on any atom is 0.0126 e. The van der Waals surface area contributed by atoms with Gasteiger partial charge in [-0.1, -0.05) is 33.1 Å². The minimum atomic E-state index is 0.421. The van der Waals surface area contributed by atoms with E-state index >= 15 is 0 Å². The van der Waals surface area contributed by atoms with Crippen LogP contribution >= 0.6 is 0 Å². The van der Waals surface area contributed by atoms with E-state index in [1.165, 1.54) is 45.1 Å². The Balaban J connectivity index is 2.04. The van der Waals surface area contributed by atoms with Gasteiger partial charge in [0.15, 0.2) is 0 Å². The van der Waals surface area contributed by atoms with Crippen LogP contribution in [0.25, 0.3) is 0 Å². The smallest absolute Gasteiger partial charge is 0.0126 e. The third kappa shape index (κ3) is 2.68. The van der Waals surface area contributed by atoms with Crippen molar-refractivity contribution in [2.45, 2.75) is 77.4 Å². The zero-order valence-electron chi connectivity index (χ0n) is 11.9. The van der Waals surface area contributed by atoms with Crippen molar-refractivity contribution in [2.24, 2.45) is 17.6 Å². The zero-order valence-corrected chi connectivity index (χ0v) is 11.9. The molecule has 17 heavy (non-hydrogen) atoms. The molecule has 2 N–H and O–H groups in total. The molecular weight excluding hydrogens is 208 g/mol. The van der Waals surface area contributed by atoms with Crippen molar-refractivity contribution in [1.29, 1.82) is 0 Å². The molecule has 0 radical (unpaired) electrons. The van der Waals surface area contributed by atoms with Crippen LogP contribution in [0.15, 0.2) is 0 Å². The molecule has 0 amide bonds. The first kappa shape index (κ1) is 13.4. The molecule has 2 aliphatic rings. The first-order valence-electron chi connectivity index (χ1n) is 7.66. The Morgan fingerprint density at radius 1 is 1.12 bits per heavy atom. The van der Waals surface area contributed by atoms with Gasteiger partial charge >= 0.3 is 0 Å². The summed E-state index contributed by atoms with van der Waals surface area (Å²) in [6.45, 7) is 8.33. The first-order chi connectivity index (χ1) is 8.15. The lowest BCUT2D eigenvalue weighted by molar-refractivity contribution is 0.0124. The van der Waals surface area contributed by atoms with Gasteiger partial charge in [0.05, 0.1) is 0 Å². The van der Waals surface area contributed by atoms with E-state index in [0.717, 1.165) is 12.0 Å². The van der Waals surface area contributed by atoms with Crippen LogP contribution in [-0.2, 0) is 0 Å². The van der Waals surface area contributed by atoms with E-state index < -0.39 is 0 Å². The topological polar surface area (TPSA) is 29.3 Å². The highest BCUT2D eigenvalue weighted by molar-refractivity contribution is 4.93. The van der Waals surface area contributed by atoms with E-state index in [0.29, 0.717) is 18.0 Å². The summed E-state index contributed by atoms with van der Waals surface area (Å²) in [4.78, 5) is 2.79. The van der Waals surface area contributed by atoms with Crippen LogP contribution in [0.1, 0.15) is 59.3 Å². The number of nitrogens with two attached hydrogens (primary N) is 1. The molecule has 0 bridgehead atoms. The van der Waals surface area contributed by atoms with Gasteiger partial charge in [-0.3, -0.25) is 4.90 Å². The van der Waals surface area contributed by atoms with Crippen molar-refractivity contribution >= 4 is 0 Å². The number of likely N-dealkylation sites (tertiary alicyclic amines) is 1. The molecular formula is C15H30N2. The Labute approximate surface area is 107 Å². The minimum Gasteiger partial charge on any atom is -0.327 e. The van der Waals surface area contributed by atoms with Crippen LogP contribution < -0.4 is 5.73 Å². The van der Waals surface area contributed by atoms with Gasteiger partial charge < -0.3 is 5.73 Å². The van der Waals surface area contributed by atoms with E-state index in [1.807, 2.05) is 0 Å². The highest BCUT2D eigenvalue weighted by Gasteiger charge is 2.37. The van der Waals surface area contributed by atoms with Crippen molar-refractivity contribution in [2.75, 3.05) is 6.54 Å². The van der Waals surface area contributed by atoms with Gasteiger partial charge in [0, 0.05) is 24.7 Å². The Hall–Kier alpha value is -0.0800. The summed E-state index contributed by atoms with van der Waals surface area (Å²) in [5.41, 5.74) is 6.20. The lowest BCUT2D eigenvalue weighted by Gasteiger charge is -2.49. The van der Waals surface area contributed by atoms with Gasteiger partial charge in [-0.15, -0.1) is 0 Å². The lowest BCUT2D eigenvalue weighted by atomic mass is 9.78. The highest BCUT2D eigenvalue weighted by Crippen LogP contribution is 2.35. The van der Waals surface area contributed by atoms with Crippen LogP contribution in [0.2, 0.25) is 0 Å². The second-order valence-electron chi connectivity index (χ2n) is 6.31. The minimum absolute atomic E-state index is 0.421. The van der Waals surface area contributed by atoms with Gasteiger partial charge in [-0.2, -0.15) is 0 Å². The maximum absolute atomic E-state index is 6.20. The molecule has 0 aromatic carbocycles. The van der Waals surface area contributed by atoms with Crippen LogP contribution in [0.5, 0.6) is 0 Å². The second kappa shape index (κ2) is 5.71. The Morgan fingerprint density at radius 3 is 2.53 bits per heavy atom. The molecule has 5 atom stereocenters. The maximum atomic E-state index is 6.20. The van der Waals surface area contributed by atoms with Crippen molar-refractivity contribution in [3.8, 4) is 0 Å². The molecule has 1 heterocycles. The molecule has 1 aliphatic carbocycles. The fourth-order valence-electron chi connectivity index (χ4n) is 3.99. The summed E-state index contributed by atoms with van der Waals surface area (Å²) in [6.07, 6.45) is 8.31. The number of hydrogen-bond acceptors (Lipinski definition) is 2. The standard InChI is InChI=1S/C15H30N2/c1-4-13-7-5-6-8-15(13)17-10-9-14(16)11(2)12(17)3/h11-15H,4-10,16H2,1-3H3. The number of rotatable bonds is 2. The van der Waals surface area contributed by atoms with Crippen LogP contribution in [0.3, 0.4) is 0 Å². The summed E-state index contributed by atoms with van der Waals surface area (Å²) in [7, 11) is 0. The van der Waals surface area contributed by atoms with Crippen LogP contribution in [0.4, 0.5) is 0 Å². The molecule has 2 nitrogen and oxygen atoms in total. The number of nitrogens with zero attached hydrogens (tertiary/aromatic N) is 1. The summed E-state index contributed by atoms with van der Waals surface area (Å²) >= 11 is 0. The van der Waals surface area contributed by atoms with Gasteiger partial charge in [-0.25, -0.2) is 0 Å². The van der Waals surface area contributed by atoms with E-state index in [1.54, 1.807) is 0 Å². The average Bonchev–Trinajstić information content (AvgIpc) is 2.36. The van der Waals surface area contributed by atoms with E-state index in [2.05, 4.69) is 25.7 Å². The fourth-order valence-corrected chi connectivity index (χ4v) is 3.99. The van der Waals surface area contributed by atoms with Crippen molar-refractivity contribution < 1.29 is 0 Å². The Morgan fingerprint density at radius 2 is 1.82 bits per heavy atom. The quantitative estimate of drug-likeness (QED) is 0.801. The molecule has 2 heteroatoms. The largest absolute Gasteiger partial charge is 0.327 e. The molecule has 2 fully saturated rings. The van der Waals surface area contributed by atoms with E-state index in [9.17, 15) is 0 Å². The molecule has 5 unspecified atom stereocenters. The first-order valence-corrected chi connectivity index (χ1v) is 7.66. The number of hydrogen-bond donors (Lipinski definition) is 1. The fraction of sp³-hybridized carbons (Fsp3) is 1.00. The van der Waals surface area contributed by atoms with Crippen molar-refractivity contribution in [1.82, 2.24) is 4.90 Å². The molecule has 1 aliphatic heterocycles. The zero-order chi connectivity index (χ0) is 12.4. The van der Waals surface area contributed by atoms with E-state index in [-0.39, 0.29) is 0 Å².